The van der Waals surface area contributed by atoms with Gasteiger partial charge in [-0.25, -0.2) is 13.4 Å². The molecule has 0 aliphatic heterocycles. The number of sulfonamides is 1. The van der Waals surface area contributed by atoms with Crippen molar-refractivity contribution >= 4 is 32.9 Å². The van der Waals surface area contributed by atoms with Gasteiger partial charge in [-0.05, 0) is 31.0 Å². The first-order valence-electron chi connectivity index (χ1n) is 11.9. The van der Waals surface area contributed by atoms with Gasteiger partial charge in [-0.3, -0.25) is 9.59 Å². The minimum Gasteiger partial charge on any atom is -0.469 e. The Hall–Kier alpha value is -2.46. The first kappa shape index (κ1) is 27.8. The number of ether oxygens (including phenoxy) is 1. The second kappa shape index (κ2) is 12.3. The van der Waals surface area contributed by atoms with Gasteiger partial charge in [0.1, 0.15) is 5.82 Å². The normalized spacial score (nSPS) is 12.0. The van der Waals surface area contributed by atoms with E-state index in [9.17, 15) is 18.0 Å². The summed E-state index contributed by atoms with van der Waals surface area (Å²) in [4.78, 5) is 31.1. The maximum atomic E-state index is 12.9. The first-order chi connectivity index (χ1) is 16.1. The summed E-state index contributed by atoms with van der Waals surface area (Å²) in [5.41, 5.74) is 1.44. The van der Waals surface area contributed by atoms with Crippen molar-refractivity contribution in [2.24, 2.45) is 5.92 Å². The zero-order valence-corrected chi connectivity index (χ0v) is 22.0. The van der Waals surface area contributed by atoms with Crippen molar-refractivity contribution in [2.75, 3.05) is 33.3 Å². The van der Waals surface area contributed by atoms with Crippen LogP contribution in [0.2, 0.25) is 0 Å². The van der Waals surface area contributed by atoms with Crippen LogP contribution in [0.5, 0.6) is 0 Å². The highest BCUT2D eigenvalue weighted by molar-refractivity contribution is 7.89. The zero-order chi connectivity index (χ0) is 25.5. The minimum absolute atomic E-state index is 0.0443. The molecule has 0 atom stereocenters. The fourth-order valence-corrected chi connectivity index (χ4v) is 5.52. The molecule has 1 amide bonds. The van der Waals surface area contributed by atoms with Crippen LogP contribution in [0.3, 0.4) is 0 Å². The molecule has 0 aliphatic rings. The molecular formula is C24H38N4O5S. The number of aryl methyl sites for hydroxylation is 2. The number of hydrogen-bond donors (Lipinski definition) is 0. The van der Waals surface area contributed by atoms with Crippen molar-refractivity contribution in [1.82, 2.24) is 18.8 Å². The van der Waals surface area contributed by atoms with E-state index in [0.717, 1.165) is 11.3 Å². The van der Waals surface area contributed by atoms with Crippen LogP contribution >= 0.6 is 0 Å². The van der Waals surface area contributed by atoms with E-state index >= 15 is 0 Å². The van der Waals surface area contributed by atoms with Gasteiger partial charge in [-0.15, -0.1) is 0 Å². The van der Waals surface area contributed by atoms with E-state index in [2.05, 4.69) is 4.98 Å². The topological polar surface area (TPSA) is 102 Å². The number of aromatic nitrogens is 2. The van der Waals surface area contributed by atoms with E-state index in [1.54, 1.807) is 23.1 Å². The molecule has 0 N–H and O–H groups in total. The van der Waals surface area contributed by atoms with E-state index in [-0.39, 0.29) is 35.5 Å². The third-order valence-electron chi connectivity index (χ3n) is 5.77. The average Bonchev–Trinajstić information content (AvgIpc) is 3.16. The molecule has 0 spiro atoms. The molecule has 0 saturated heterocycles. The molecular weight excluding hydrogens is 456 g/mol. The maximum absolute atomic E-state index is 12.9. The standard InChI is InChI=1S/C24H38N4O5S/c1-7-27(8-2)34(31,32)19-10-11-21-20(16-19)25-22(28(21)9-3)12-13-23(29)26(17-18(4)5)15-14-24(30)33-6/h10-11,16,18H,7-9,12-15,17H2,1-6H3. The van der Waals surface area contributed by atoms with Gasteiger partial charge in [0, 0.05) is 45.6 Å². The lowest BCUT2D eigenvalue weighted by molar-refractivity contribution is -0.141. The number of esters is 1. The van der Waals surface area contributed by atoms with Crippen molar-refractivity contribution in [1.29, 1.82) is 0 Å². The lowest BCUT2D eigenvalue weighted by Crippen LogP contribution is -2.36. The van der Waals surface area contributed by atoms with Crippen LogP contribution in [0, 0.1) is 5.92 Å². The summed E-state index contributed by atoms with van der Waals surface area (Å²) in [5.74, 6) is 0.621. The van der Waals surface area contributed by atoms with Crippen molar-refractivity contribution in [2.45, 2.75) is 65.3 Å². The van der Waals surface area contributed by atoms with Gasteiger partial charge in [-0.1, -0.05) is 27.7 Å². The highest BCUT2D eigenvalue weighted by atomic mass is 32.2. The average molecular weight is 495 g/mol. The lowest BCUT2D eigenvalue weighted by Gasteiger charge is -2.24. The van der Waals surface area contributed by atoms with Crippen LogP contribution in [0.4, 0.5) is 0 Å². The van der Waals surface area contributed by atoms with Crippen LogP contribution in [0.25, 0.3) is 11.0 Å². The largest absolute Gasteiger partial charge is 0.469 e. The minimum atomic E-state index is -3.58. The predicted molar refractivity (Wildman–Crippen MR) is 132 cm³/mol. The molecule has 1 heterocycles. The molecule has 190 valence electrons. The summed E-state index contributed by atoms with van der Waals surface area (Å²) in [5, 5.41) is 0. The smallest absolute Gasteiger partial charge is 0.307 e. The fraction of sp³-hybridized carbons (Fsp3) is 0.625. The molecule has 0 bridgehead atoms. The highest BCUT2D eigenvalue weighted by Crippen LogP contribution is 2.24. The van der Waals surface area contributed by atoms with Gasteiger partial charge >= 0.3 is 5.97 Å². The number of benzene rings is 1. The van der Waals surface area contributed by atoms with E-state index in [4.69, 9.17) is 4.74 Å². The summed E-state index contributed by atoms with van der Waals surface area (Å²) in [6.45, 7) is 12.0. The Balaban J connectivity index is 2.26. The maximum Gasteiger partial charge on any atom is 0.307 e. The number of fused-ring (bicyclic) bond motifs is 1. The Morgan fingerprint density at radius 3 is 2.35 bits per heavy atom. The third kappa shape index (κ3) is 6.56. The van der Waals surface area contributed by atoms with Crippen LogP contribution in [0.1, 0.15) is 53.3 Å². The number of carbonyl (C=O) groups excluding carboxylic acids is 2. The van der Waals surface area contributed by atoms with Gasteiger partial charge in [0.25, 0.3) is 0 Å². The van der Waals surface area contributed by atoms with Gasteiger partial charge in [0.2, 0.25) is 15.9 Å². The van der Waals surface area contributed by atoms with E-state index in [1.807, 2.05) is 39.2 Å². The lowest BCUT2D eigenvalue weighted by atomic mass is 10.1. The van der Waals surface area contributed by atoms with Crippen LogP contribution in [0.15, 0.2) is 23.1 Å². The van der Waals surface area contributed by atoms with Crippen molar-refractivity contribution in [3.05, 3.63) is 24.0 Å². The van der Waals surface area contributed by atoms with E-state index < -0.39 is 10.0 Å². The van der Waals surface area contributed by atoms with Crippen molar-refractivity contribution in [3.8, 4) is 0 Å². The number of amides is 1. The van der Waals surface area contributed by atoms with Crippen LogP contribution < -0.4 is 0 Å². The molecule has 10 heteroatoms. The Morgan fingerprint density at radius 1 is 1.12 bits per heavy atom. The number of rotatable bonds is 13. The third-order valence-corrected chi connectivity index (χ3v) is 7.82. The van der Waals surface area contributed by atoms with Crippen molar-refractivity contribution in [3.63, 3.8) is 0 Å². The van der Waals surface area contributed by atoms with Crippen LogP contribution in [-0.2, 0) is 37.3 Å². The molecule has 0 saturated carbocycles. The predicted octanol–water partition coefficient (Wildman–Crippen LogP) is 3.07. The Morgan fingerprint density at radius 2 is 1.79 bits per heavy atom. The Bertz CT molecular complexity index is 1090. The second-order valence-corrected chi connectivity index (χ2v) is 10.5. The van der Waals surface area contributed by atoms with Gasteiger partial charge in [0.15, 0.2) is 0 Å². The summed E-state index contributed by atoms with van der Waals surface area (Å²) in [6, 6.07) is 5.02. The quantitative estimate of drug-likeness (QED) is 0.397. The number of carbonyl (C=O) groups is 2. The summed E-state index contributed by atoms with van der Waals surface area (Å²) < 4.78 is 34.0. The first-order valence-corrected chi connectivity index (χ1v) is 13.4. The fourth-order valence-electron chi connectivity index (χ4n) is 4.04. The molecule has 1 aromatic heterocycles. The second-order valence-electron chi connectivity index (χ2n) is 8.57. The summed E-state index contributed by atoms with van der Waals surface area (Å²) in [7, 11) is -2.24. The molecule has 9 nitrogen and oxygen atoms in total. The SMILES string of the molecule is CCN(CC)S(=O)(=O)c1ccc2c(c1)nc(CCC(=O)N(CCC(=O)OC)CC(C)C)n2CC. The number of hydrogen-bond acceptors (Lipinski definition) is 6. The number of imidazole rings is 1. The summed E-state index contributed by atoms with van der Waals surface area (Å²) >= 11 is 0. The molecule has 2 rings (SSSR count). The van der Waals surface area contributed by atoms with E-state index in [1.165, 1.54) is 11.4 Å². The molecule has 2 aromatic rings. The molecule has 0 radical (unpaired) electrons. The molecule has 0 fully saturated rings. The number of nitrogens with zero attached hydrogens (tertiary/aromatic N) is 4. The molecule has 0 unspecified atom stereocenters. The molecule has 34 heavy (non-hydrogen) atoms. The van der Waals surface area contributed by atoms with Crippen LogP contribution in [-0.4, -0.2) is 72.3 Å². The van der Waals surface area contributed by atoms with E-state index in [0.29, 0.717) is 44.7 Å². The van der Waals surface area contributed by atoms with Gasteiger partial charge in [-0.2, -0.15) is 4.31 Å². The van der Waals surface area contributed by atoms with Crippen molar-refractivity contribution < 1.29 is 22.7 Å². The summed E-state index contributed by atoms with van der Waals surface area (Å²) in [6.07, 6.45) is 0.834. The molecule has 1 aromatic carbocycles. The number of methoxy groups -OCH3 is 1. The van der Waals surface area contributed by atoms with Gasteiger partial charge < -0.3 is 14.2 Å². The Kier molecular flexibility index (Phi) is 10.1. The zero-order valence-electron chi connectivity index (χ0n) is 21.2. The van der Waals surface area contributed by atoms with Gasteiger partial charge in [0.05, 0.1) is 29.5 Å². The molecule has 0 aliphatic carbocycles. The Labute approximate surface area is 203 Å². The highest BCUT2D eigenvalue weighted by Gasteiger charge is 2.23. The monoisotopic (exact) mass is 494 g/mol.